The van der Waals surface area contributed by atoms with E-state index in [4.69, 9.17) is 0 Å². The summed E-state index contributed by atoms with van der Waals surface area (Å²) in [6.07, 6.45) is 24.8. The van der Waals surface area contributed by atoms with Crippen molar-refractivity contribution in [1.82, 2.24) is 9.80 Å². The van der Waals surface area contributed by atoms with Crippen molar-refractivity contribution in [2.45, 2.75) is 110 Å². The fourth-order valence-corrected chi connectivity index (χ4v) is 3.55. The molecular weight excluding hydrogens is 384 g/mol. The Bertz CT molecular complexity index is 588. The van der Waals surface area contributed by atoms with Crippen LogP contribution in [-0.2, 0) is 9.59 Å². The van der Waals surface area contributed by atoms with Gasteiger partial charge in [0.05, 0.1) is 0 Å². The first-order chi connectivity index (χ1) is 15.0. The largest absolute Gasteiger partial charge is 0.343 e. The first-order valence-electron chi connectivity index (χ1n) is 12.5. The molecule has 1 saturated carbocycles. The minimum absolute atomic E-state index is 0.270. The van der Waals surface area contributed by atoms with Crippen LogP contribution in [0.25, 0.3) is 0 Å². The summed E-state index contributed by atoms with van der Waals surface area (Å²) in [5.41, 5.74) is 0. The Labute approximate surface area is 191 Å². The molecule has 0 aromatic carbocycles. The molecule has 1 fully saturated rings. The summed E-state index contributed by atoms with van der Waals surface area (Å²) in [6, 6.07) is 0.792. The highest BCUT2D eigenvalue weighted by atomic mass is 16.2. The molecule has 4 nitrogen and oxygen atoms in total. The van der Waals surface area contributed by atoms with Crippen LogP contribution in [0.15, 0.2) is 36.5 Å². The van der Waals surface area contributed by atoms with Gasteiger partial charge in [0, 0.05) is 38.5 Å². The topological polar surface area (TPSA) is 40.6 Å². The number of hydrogen-bond donors (Lipinski definition) is 0. The quantitative estimate of drug-likeness (QED) is 0.197. The molecular formula is C27H46N2O2. The zero-order valence-electron chi connectivity index (χ0n) is 20.5. The molecule has 0 N–H and O–H groups in total. The standard InChI is InChI=1S/C27H46N2O2/c1-5-6-16-20-27(31)29(24(2)3)23-18-15-13-11-9-7-8-10-12-14-17-19-26(30)28(4)25-21-22-25/h7,9-10,12-13,15,24-25H,5-6,8,11,14,16-23H2,1-4H3. The molecule has 0 unspecified atom stereocenters. The number of unbranched alkanes of at least 4 members (excludes halogenated alkanes) is 3. The van der Waals surface area contributed by atoms with Gasteiger partial charge in [-0.05, 0) is 65.2 Å². The van der Waals surface area contributed by atoms with Crippen LogP contribution in [0.2, 0.25) is 0 Å². The highest BCUT2D eigenvalue weighted by Gasteiger charge is 2.28. The third kappa shape index (κ3) is 13.2. The van der Waals surface area contributed by atoms with E-state index in [0.29, 0.717) is 30.7 Å². The van der Waals surface area contributed by atoms with Crippen molar-refractivity contribution in [3.05, 3.63) is 36.5 Å². The van der Waals surface area contributed by atoms with Crippen LogP contribution in [0.5, 0.6) is 0 Å². The predicted molar refractivity (Wildman–Crippen MR) is 132 cm³/mol. The van der Waals surface area contributed by atoms with Crippen molar-refractivity contribution in [2.24, 2.45) is 0 Å². The van der Waals surface area contributed by atoms with Crippen molar-refractivity contribution in [1.29, 1.82) is 0 Å². The number of amides is 2. The normalized spacial score (nSPS) is 14.4. The lowest BCUT2D eigenvalue weighted by molar-refractivity contribution is -0.133. The van der Waals surface area contributed by atoms with Gasteiger partial charge in [0.2, 0.25) is 11.8 Å². The maximum Gasteiger partial charge on any atom is 0.222 e. The maximum atomic E-state index is 12.3. The maximum absolute atomic E-state index is 12.3. The zero-order chi connectivity index (χ0) is 22.9. The van der Waals surface area contributed by atoms with Gasteiger partial charge in [0.1, 0.15) is 0 Å². The van der Waals surface area contributed by atoms with Crippen molar-refractivity contribution < 1.29 is 9.59 Å². The minimum Gasteiger partial charge on any atom is -0.343 e. The van der Waals surface area contributed by atoms with E-state index < -0.39 is 0 Å². The molecule has 0 aromatic rings. The number of allylic oxidation sites excluding steroid dienone is 5. The number of nitrogens with zero attached hydrogens (tertiary/aromatic N) is 2. The third-order valence-corrected chi connectivity index (χ3v) is 5.77. The molecule has 0 heterocycles. The average molecular weight is 431 g/mol. The number of hydrogen-bond acceptors (Lipinski definition) is 2. The molecule has 0 bridgehead atoms. The lowest BCUT2D eigenvalue weighted by Gasteiger charge is -2.26. The molecule has 1 aliphatic carbocycles. The summed E-state index contributed by atoms with van der Waals surface area (Å²) in [4.78, 5) is 28.2. The summed E-state index contributed by atoms with van der Waals surface area (Å²) in [7, 11) is 1.93. The van der Waals surface area contributed by atoms with E-state index in [9.17, 15) is 9.59 Å². The lowest BCUT2D eigenvalue weighted by atomic mass is 10.1. The zero-order valence-corrected chi connectivity index (χ0v) is 20.5. The van der Waals surface area contributed by atoms with Crippen LogP contribution in [0, 0.1) is 0 Å². The molecule has 1 rings (SSSR count). The monoisotopic (exact) mass is 430 g/mol. The molecule has 0 radical (unpaired) electrons. The van der Waals surface area contributed by atoms with Crippen LogP contribution in [0.1, 0.15) is 97.8 Å². The Morgan fingerprint density at radius 2 is 1.42 bits per heavy atom. The van der Waals surface area contributed by atoms with Gasteiger partial charge in [-0.15, -0.1) is 0 Å². The van der Waals surface area contributed by atoms with Crippen LogP contribution < -0.4 is 0 Å². The second-order valence-electron chi connectivity index (χ2n) is 8.94. The molecule has 2 amide bonds. The van der Waals surface area contributed by atoms with Crippen molar-refractivity contribution in [2.75, 3.05) is 13.6 Å². The van der Waals surface area contributed by atoms with Gasteiger partial charge >= 0.3 is 0 Å². The first kappa shape index (κ1) is 27.2. The summed E-state index contributed by atoms with van der Waals surface area (Å²) in [5.74, 6) is 0.586. The molecule has 176 valence electrons. The van der Waals surface area contributed by atoms with Gasteiger partial charge in [-0.3, -0.25) is 9.59 Å². The fraction of sp³-hybridized carbons (Fsp3) is 0.704. The Kier molecular flexibility index (Phi) is 14.7. The summed E-state index contributed by atoms with van der Waals surface area (Å²) >= 11 is 0. The van der Waals surface area contributed by atoms with Crippen LogP contribution in [-0.4, -0.2) is 47.3 Å². The van der Waals surface area contributed by atoms with Crippen molar-refractivity contribution >= 4 is 11.8 Å². The van der Waals surface area contributed by atoms with Gasteiger partial charge in [0.25, 0.3) is 0 Å². The Hall–Kier alpha value is -1.84. The highest BCUT2D eigenvalue weighted by Crippen LogP contribution is 2.26. The Balaban J connectivity index is 2.07. The molecule has 0 saturated heterocycles. The van der Waals surface area contributed by atoms with E-state index in [1.807, 2.05) is 16.8 Å². The second-order valence-corrected chi connectivity index (χ2v) is 8.94. The van der Waals surface area contributed by atoms with E-state index in [2.05, 4.69) is 57.2 Å². The molecule has 0 spiro atoms. The molecule has 0 aliphatic heterocycles. The molecule has 1 aliphatic rings. The SMILES string of the molecule is CCCCCC(=O)N(CCC=CCC=CCC=CCCCC(=O)N(C)C1CC1)C(C)C. The lowest BCUT2D eigenvalue weighted by Crippen LogP contribution is -2.37. The fourth-order valence-electron chi connectivity index (χ4n) is 3.55. The number of rotatable bonds is 17. The van der Waals surface area contributed by atoms with Crippen LogP contribution in [0.4, 0.5) is 0 Å². The Morgan fingerprint density at radius 1 is 0.839 bits per heavy atom. The van der Waals surface area contributed by atoms with Crippen molar-refractivity contribution in [3.63, 3.8) is 0 Å². The number of carbonyl (C=O) groups excluding carboxylic acids is 2. The van der Waals surface area contributed by atoms with E-state index in [0.717, 1.165) is 57.9 Å². The molecule has 0 aromatic heterocycles. The third-order valence-electron chi connectivity index (χ3n) is 5.77. The van der Waals surface area contributed by atoms with Gasteiger partial charge in [-0.1, -0.05) is 56.2 Å². The van der Waals surface area contributed by atoms with Crippen LogP contribution >= 0.6 is 0 Å². The summed E-state index contributed by atoms with van der Waals surface area (Å²) in [6.45, 7) is 7.18. The smallest absolute Gasteiger partial charge is 0.222 e. The first-order valence-corrected chi connectivity index (χ1v) is 12.5. The molecule has 31 heavy (non-hydrogen) atoms. The van der Waals surface area contributed by atoms with E-state index in [1.54, 1.807) is 0 Å². The Morgan fingerprint density at radius 3 is 2.00 bits per heavy atom. The van der Waals surface area contributed by atoms with Gasteiger partial charge < -0.3 is 9.80 Å². The molecule has 0 atom stereocenters. The van der Waals surface area contributed by atoms with E-state index in [1.165, 1.54) is 12.8 Å². The van der Waals surface area contributed by atoms with E-state index in [-0.39, 0.29) is 6.04 Å². The molecule has 4 heteroatoms. The summed E-state index contributed by atoms with van der Waals surface area (Å²) in [5, 5.41) is 0. The number of carbonyl (C=O) groups is 2. The van der Waals surface area contributed by atoms with Crippen LogP contribution in [0.3, 0.4) is 0 Å². The van der Waals surface area contributed by atoms with Crippen molar-refractivity contribution in [3.8, 4) is 0 Å². The highest BCUT2D eigenvalue weighted by molar-refractivity contribution is 5.76. The minimum atomic E-state index is 0.270. The average Bonchev–Trinajstić information content (AvgIpc) is 3.58. The van der Waals surface area contributed by atoms with Gasteiger partial charge in [0.15, 0.2) is 0 Å². The second kappa shape index (κ2) is 16.8. The van der Waals surface area contributed by atoms with Gasteiger partial charge in [-0.2, -0.15) is 0 Å². The van der Waals surface area contributed by atoms with Gasteiger partial charge in [-0.25, -0.2) is 0 Å². The predicted octanol–water partition coefficient (Wildman–Crippen LogP) is 6.43. The summed E-state index contributed by atoms with van der Waals surface area (Å²) < 4.78 is 0. The van der Waals surface area contributed by atoms with E-state index >= 15 is 0 Å².